The van der Waals surface area contributed by atoms with Gasteiger partial charge in [0, 0.05) is 106 Å². The van der Waals surface area contributed by atoms with Gasteiger partial charge in [0.1, 0.15) is 36.5 Å². The van der Waals surface area contributed by atoms with Gasteiger partial charge in [-0.3, -0.25) is 43.3 Å². The summed E-state index contributed by atoms with van der Waals surface area (Å²) in [6.07, 6.45) is 10.8. The van der Waals surface area contributed by atoms with Crippen LogP contribution in [0.1, 0.15) is 220 Å². The molecule has 11 N–H and O–H groups in total. The minimum Gasteiger partial charge on any atom is -1.00 e. The van der Waals surface area contributed by atoms with Gasteiger partial charge in [0.05, 0.1) is 56.3 Å². The Morgan fingerprint density at radius 1 is 0.474 bits per heavy atom. The Balaban J connectivity index is 0.000000729. The van der Waals surface area contributed by atoms with Crippen LogP contribution in [0.3, 0.4) is 0 Å². The number of fused-ring (bicyclic) bond motifs is 3. The Bertz CT molecular complexity index is 4600. The second-order valence-electron chi connectivity index (χ2n) is 35.6. The number of urea groups is 2. The van der Waals surface area contributed by atoms with Gasteiger partial charge in [-0.25, -0.2) is 20.4 Å². The monoisotopic (exact) mass is 1960 g/mol. The number of ether oxygens (including phenoxy) is 4. The van der Waals surface area contributed by atoms with Gasteiger partial charge >= 0.3 is 115 Å². The van der Waals surface area contributed by atoms with E-state index in [2.05, 4.69) is 75.4 Å². The Morgan fingerprint density at radius 3 is 1.11 bits per heavy atom. The molecule has 3 aliphatic carbocycles. The van der Waals surface area contributed by atoms with E-state index in [4.69, 9.17) is 33.2 Å². The third-order valence-corrected chi connectivity index (χ3v) is 25.2. The van der Waals surface area contributed by atoms with Crippen LogP contribution < -0.4 is 156 Å². The van der Waals surface area contributed by atoms with E-state index in [0.717, 1.165) is 90.3 Å². The maximum Gasteiger partial charge on any atom is 1.00 e. The molecular weight excluding hydrogens is 1800 g/mol. The van der Waals surface area contributed by atoms with E-state index in [1.807, 2.05) is 197 Å². The van der Waals surface area contributed by atoms with Crippen molar-refractivity contribution >= 4 is 84.1 Å². The van der Waals surface area contributed by atoms with Crippen molar-refractivity contribution in [2.45, 2.75) is 279 Å². The number of rotatable bonds is 38. The Kier molecular flexibility index (Phi) is 54.5. The van der Waals surface area contributed by atoms with Crippen molar-refractivity contribution in [3.63, 3.8) is 0 Å². The van der Waals surface area contributed by atoms with Crippen molar-refractivity contribution in [3.05, 3.63) is 179 Å². The van der Waals surface area contributed by atoms with Crippen LogP contribution in [0, 0.1) is 41.4 Å². The molecule has 5 aromatic carbocycles. The summed E-state index contributed by atoms with van der Waals surface area (Å²) in [5, 5.41) is 41.2. The summed E-state index contributed by atoms with van der Waals surface area (Å²) in [5.41, 5.74) is 28.7. The van der Waals surface area contributed by atoms with Gasteiger partial charge in [0.25, 0.3) is 0 Å². The molecule has 0 bridgehead atoms. The molecule has 5 fully saturated rings. The molecule has 3 heterocycles. The number of carbonyl (C=O) groups is 11. The van der Waals surface area contributed by atoms with Crippen LogP contribution in [-0.4, -0.2) is 225 Å². The third kappa shape index (κ3) is 37.6. The number of hydrogen-bond acceptors (Lipinski definition) is 19. The number of amides is 12. The molecule has 2 saturated carbocycles. The maximum absolute atomic E-state index is 14.4. The van der Waals surface area contributed by atoms with Gasteiger partial charge in [-0.15, -0.1) is 0 Å². The summed E-state index contributed by atoms with van der Waals surface area (Å²) >= 11 is 0. The number of hydrogen-bond donors (Lipinski definition) is 9. The molecule has 0 aromatic heterocycles. The van der Waals surface area contributed by atoms with Crippen LogP contribution in [0.15, 0.2) is 155 Å². The van der Waals surface area contributed by atoms with Gasteiger partial charge in [-0.1, -0.05) is 254 Å². The summed E-state index contributed by atoms with van der Waals surface area (Å²) in [5.74, 6) is -2.42. The van der Waals surface area contributed by atoms with Crippen LogP contribution in [-0.2, 0) is 81.9 Å². The van der Waals surface area contributed by atoms with Crippen LogP contribution in [0.4, 0.5) is 9.59 Å². The van der Waals surface area contributed by atoms with Crippen molar-refractivity contribution in [2.24, 2.45) is 56.6 Å². The number of carbonyl (C=O) groups excluding carboxylic acids is 11. The standard InChI is InChI=1S/C46H59N7O7.C31H48N7O5.C21H30N3O4.C2H6.2CH4.2K.2H/c1-5-33(25-49-52-45(57)48-24-30-19-21-32(22-20-30)42(54)47-4)50-43(55)40-23-34(59-27-31-13-7-6-8-14-31)26-53(40)44(56)41(29(2)3)51-46(58)60-28-39-37-17-11-9-15-35(37)36-16-10-12-18-38(36)39;1-5-24(17-35-37-31(42)34-16-21-11-13-23(14-12-21)28(39)33-4)36-29(40)26-15-25(43-19-22-9-7-6-8-10-22)18-38(26)30(41)27(32)20(2)3;1-4-16(12-25)23-20(26)18-10-17(28-13-15-8-6-5-7-9-15)11-24(18)21(27)19(22)14(2)3;1-2;;;;;;/h6-18,25,29-30,32-34,39-41H,5,19-24,26-28H2,1-4H3,(H,47,54)(H,50,55)(H,51,58)(H2,48,52,57);6-10,17,20-21,23-27,32H,5,11-16,18-19H2,1-4H3,(H,33,39)(H,36,40)(H2,34,37,42);5-9,12,14,16-19,22H,4,10-11,13H2,1-3H3,(H,23,26);1-2H3;2*1H4;;;;/q;2*-1;;;;2*+1;2*-1/p-1/b49-25+;35-17+;;;;;;;;/t30?,32?,33-,34+,40-,41-;21?,23?,24-,25+,26-,27-;16-,17+,18-,19-;;;;;;;/m000......./s1/i;;;;2*1T;;;2*1+2. The Morgan fingerprint density at radius 2 is 0.796 bits per heavy atom. The van der Waals surface area contributed by atoms with Gasteiger partial charge < -0.3 is 95.1 Å². The van der Waals surface area contributed by atoms with Crippen LogP contribution in [0.25, 0.3) is 22.6 Å². The van der Waals surface area contributed by atoms with Gasteiger partial charge in [-0.2, -0.15) is 10.2 Å². The van der Waals surface area contributed by atoms with E-state index >= 15 is 0 Å². The van der Waals surface area contributed by atoms with E-state index in [0.29, 0.717) is 77.2 Å². The van der Waals surface area contributed by atoms with E-state index in [1.54, 1.807) is 21.0 Å². The number of nitrogens with zero attached hydrogens (tertiary/aromatic N) is 6. The molecule has 33 nitrogen and oxygen atoms in total. The predicted molar refractivity (Wildman–Crippen MR) is 526 cm³/mol. The molecule has 35 heteroatoms. The number of likely N-dealkylation sites (tertiary alicyclic amines) is 3. The zero-order valence-corrected chi connectivity index (χ0v) is 89.8. The van der Waals surface area contributed by atoms with Crippen LogP contribution in [0.5, 0.6) is 0 Å². The number of nitrogens with one attached hydrogen (secondary N) is 11. The first-order valence-corrected chi connectivity index (χ1v) is 47.3. The first kappa shape index (κ1) is 117. The van der Waals surface area contributed by atoms with E-state index in [-0.39, 0.29) is 227 Å². The number of hydrazone groups is 2. The molecule has 12 amide bonds. The fraction of sp³-hybridized carbons (Fsp3) is 0.569. The van der Waals surface area contributed by atoms with Crippen molar-refractivity contribution in [1.82, 2.24) is 62.8 Å². The SMILES string of the molecule is CC.CC[C@@H](/C=N/NC(=O)NCC1CCC(C(=O)NC)CC1)NC(=O)[C@@H]1C[C@@H](OCc2ccccc2)CN1C(=O)[C@@H](N=C([O-])OCC1c2ccccc2-c2ccccc21)C(C)C.CC[C@@H](/C=N/NC(=O)NCC1CCC(C(=O)NC)CC1)NC(=O)[C@@H]1C[C@@H](OCc2ccccc2)CN1C(=O)[C@@H]([NH-])C(C)C.CC[C@@H](C=O)NC(=O)[C@@H]1C[C@@H](OCc2ccccc2)CN1C(=O)[C@@H]([NH-])C(C)C.[3H-].[3H-].[3H]C.[3H]C.[K+].[K+]. The maximum atomic E-state index is 14.4. The Labute approximate surface area is 902 Å². The molecule has 0 radical (unpaired) electrons. The molecule has 12 atom stereocenters. The summed E-state index contributed by atoms with van der Waals surface area (Å²) < 4.78 is 35.5. The number of aliphatic imine (C=N–C) groups is 1. The minimum absolute atomic E-state index is 0. The van der Waals surface area contributed by atoms with Crippen molar-refractivity contribution in [3.8, 4) is 11.1 Å². The molecule has 11 rings (SSSR count). The molecule has 3 saturated heterocycles. The zero-order chi connectivity index (χ0) is 101. The molecule has 6 aliphatic rings. The van der Waals surface area contributed by atoms with Crippen molar-refractivity contribution < 1.29 is 185 Å². The second-order valence-corrected chi connectivity index (χ2v) is 35.6. The van der Waals surface area contributed by atoms with Crippen LogP contribution >= 0.6 is 0 Å². The second kappa shape index (κ2) is 63.5. The predicted octanol–water partition coefficient (Wildman–Crippen LogP) is 6.33. The van der Waals surface area contributed by atoms with Gasteiger partial charge in [0.2, 0.25) is 47.3 Å². The first-order valence-electron chi connectivity index (χ1n) is 49.3. The summed E-state index contributed by atoms with van der Waals surface area (Å²) in [6, 6.07) is 37.3. The minimum atomic E-state index is -1.10. The molecule has 0 unspecified atom stereocenters. The normalized spacial score (nSPS) is 21.2. The van der Waals surface area contributed by atoms with Crippen molar-refractivity contribution in [2.75, 3.05) is 53.4 Å². The molecular formula is C102H152K2N17O16-3. The molecule has 137 heavy (non-hydrogen) atoms. The third-order valence-electron chi connectivity index (χ3n) is 25.2. The molecule has 746 valence electrons. The average molecular weight is 1960 g/mol. The van der Waals surface area contributed by atoms with E-state index < -0.39 is 90.4 Å². The first-order chi connectivity index (χ1) is 66.0. The van der Waals surface area contributed by atoms with Gasteiger partial charge in [0.15, 0.2) is 0 Å². The quantitative estimate of drug-likeness (QED) is 0.00685. The fourth-order valence-corrected chi connectivity index (χ4v) is 17.1. The fourth-order valence-electron chi connectivity index (χ4n) is 17.1. The van der Waals surface area contributed by atoms with E-state index in [1.165, 1.54) is 41.9 Å². The molecule has 3 aliphatic heterocycles. The average Bonchev–Trinajstić information content (AvgIpc) is 1.61. The largest absolute Gasteiger partial charge is 1.00 e. The van der Waals surface area contributed by atoms with Crippen LogP contribution in [0.2, 0.25) is 0 Å². The zero-order valence-electron chi connectivity index (χ0n) is 87.5. The Hall–Kier alpha value is -8.25. The number of aldehydes is 1. The van der Waals surface area contributed by atoms with Gasteiger partial charge in [-0.05, 0) is 127 Å². The van der Waals surface area contributed by atoms with Crippen molar-refractivity contribution in [1.29, 1.82) is 0 Å². The number of benzene rings is 5. The topological polar surface area (TPSA) is 450 Å². The summed E-state index contributed by atoms with van der Waals surface area (Å²) in [7, 11) is 5.80. The summed E-state index contributed by atoms with van der Waals surface area (Å²) in [6.45, 7) is 23.2. The summed E-state index contributed by atoms with van der Waals surface area (Å²) in [4.78, 5) is 149. The smallest absolute Gasteiger partial charge is 1.00 e. The molecule has 5 aromatic rings. The molecule has 0 spiro atoms. The van der Waals surface area contributed by atoms with E-state index in [9.17, 15) is 57.8 Å².